The molecule has 0 saturated heterocycles. The normalized spacial score (nSPS) is 12.4. The highest BCUT2D eigenvalue weighted by molar-refractivity contribution is 6.31. The first kappa shape index (κ1) is 14.9. The van der Waals surface area contributed by atoms with Gasteiger partial charge in [-0.2, -0.15) is 0 Å². The fourth-order valence-electron chi connectivity index (χ4n) is 2.23. The number of halogens is 3. The lowest BCUT2D eigenvalue weighted by atomic mass is 9.96. The van der Waals surface area contributed by atoms with Crippen molar-refractivity contribution in [1.29, 1.82) is 0 Å². The molecule has 0 saturated carbocycles. The van der Waals surface area contributed by atoms with E-state index >= 15 is 0 Å². The Kier molecular flexibility index (Phi) is 4.73. The molecule has 0 aromatic heterocycles. The molecule has 0 spiro atoms. The van der Waals surface area contributed by atoms with Gasteiger partial charge in [-0.3, -0.25) is 0 Å². The molecule has 0 heterocycles. The molecule has 0 fully saturated rings. The van der Waals surface area contributed by atoms with E-state index in [0.717, 1.165) is 16.7 Å². The van der Waals surface area contributed by atoms with Gasteiger partial charge in [0.2, 0.25) is 0 Å². The van der Waals surface area contributed by atoms with Gasteiger partial charge in [-0.25, -0.2) is 8.78 Å². The first-order valence-corrected chi connectivity index (χ1v) is 6.76. The lowest BCUT2D eigenvalue weighted by Gasteiger charge is -2.19. The quantitative estimate of drug-likeness (QED) is 0.880. The highest BCUT2D eigenvalue weighted by atomic mass is 35.5. The van der Waals surface area contributed by atoms with Gasteiger partial charge in [-0.1, -0.05) is 23.7 Å². The maximum absolute atomic E-state index is 13.3. The zero-order valence-corrected chi connectivity index (χ0v) is 12.1. The summed E-state index contributed by atoms with van der Waals surface area (Å²) in [4.78, 5) is 0. The number of hydrogen-bond donors (Lipinski definition) is 1. The van der Waals surface area contributed by atoms with E-state index < -0.39 is 0 Å². The zero-order valence-electron chi connectivity index (χ0n) is 11.4. The van der Waals surface area contributed by atoms with Gasteiger partial charge in [0.25, 0.3) is 0 Å². The van der Waals surface area contributed by atoms with Crippen molar-refractivity contribution in [3.8, 4) is 0 Å². The Morgan fingerprint density at radius 3 is 2.40 bits per heavy atom. The van der Waals surface area contributed by atoms with E-state index in [1.165, 1.54) is 24.3 Å². The molecule has 1 nitrogen and oxygen atoms in total. The molecule has 1 unspecified atom stereocenters. The van der Waals surface area contributed by atoms with E-state index in [9.17, 15) is 8.78 Å². The number of nitrogens with one attached hydrogen (secondary N) is 1. The largest absolute Gasteiger partial charge is 0.313 e. The molecule has 1 N–H and O–H groups in total. The van der Waals surface area contributed by atoms with E-state index in [1.54, 1.807) is 19.2 Å². The Bertz CT molecular complexity index is 613. The zero-order chi connectivity index (χ0) is 14.7. The second-order valence-electron chi connectivity index (χ2n) is 4.78. The predicted octanol–water partition coefficient (Wildman–Crippen LogP) is 4.43. The topological polar surface area (TPSA) is 12.0 Å². The first-order valence-electron chi connectivity index (χ1n) is 6.38. The Morgan fingerprint density at radius 2 is 1.75 bits per heavy atom. The average Bonchev–Trinajstić information content (AvgIpc) is 2.40. The molecule has 2 aromatic carbocycles. The minimum Gasteiger partial charge on any atom is -0.313 e. The van der Waals surface area contributed by atoms with Crippen LogP contribution in [0.1, 0.15) is 22.7 Å². The van der Waals surface area contributed by atoms with Crippen molar-refractivity contribution in [3.05, 3.63) is 69.7 Å². The van der Waals surface area contributed by atoms with Gasteiger partial charge in [-0.15, -0.1) is 0 Å². The molecule has 0 aliphatic rings. The predicted molar refractivity (Wildman–Crippen MR) is 78.1 cm³/mol. The third-order valence-electron chi connectivity index (χ3n) is 3.42. The minimum absolute atomic E-state index is 0.0939. The molecule has 0 amide bonds. The molecule has 2 aromatic rings. The fraction of sp³-hybridized carbons (Fsp3) is 0.250. The van der Waals surface area contributed by atoms with Gasteiger partial charge in [-0.05, 0) is 61.3 Å². The number of aryl methyl sites for hydroxylation is 1. The van der Waals surface area contributed by atoms with Gasteiger partial charge < -0.3 is 5.32 Å². The fourth-order valence-corrected chi connectivity index (χ4v) is 2.53. The number of benzene rings is 2. The van der Waals surface area contributed by atoms with Crippen LogP contribution in [0.5, 0.6) is 0 Å². The van der Waals surface area contributed by atoms with Crippen LogP contribution in [-0.4, -0.2) is 7.05 Å². The summed E-state index contributed by atoms with van der Waals surface area (Å²) in [7, 11) is 1.80. The summed E-state index contributed by atoms with van der Waals surface area (Å²) in [6, 6.07) is 8.96. The summed E-state index contributed by atoms with van der Waals surface area (Å²) in [5.41, 5.74) is 2.73. The van der Waals surface area contributed by atoms with Crippen molar-refractivity contribution in [2.75, 3.05) is 7.05 Å². The van der Waals surface area contributed by atoms with Crippen molar-refractivity contribution >= 4 is 11.6 Å². The van der Waals surface area contributed by atoms with Gasteiger partial charge >= 0.3 is 0 Å². The van der Waals surface area contributed by atoms with Crippen LogP contribution in [0.4, 0.5) is 8.78 Å². The van der Waals surface area contributed by atoms with Crippen LogP contribution in [0.2, 0.25) is 5.02 Å². The first-order chi connectivity index (χ1) is 9.51. The molecule has 106 valence electrons. The SMILES string of the molecule is CNC(Cc1cc(F)ccc1C)c1ccc(F)cc1Cl. The summed E-state index contributed by atoms with van der Waals surface area (Å²) < 4.78 is 26.4. The summed E-state index contributed by atoms with van der Waals surface area (Å²) >= 11 is 6.09. The van der Waals surface area contributed by atoms with E-state index in [-0.39, 0.29) is 17.7 Å². The Morgan fingerprint density at radius 1 is 1.10 bits per heavy atom. The van der Waals surface area contributed by atoms with Crippen molar-refractivity contribution in [2.45, 2.75) is 19.4 Å². The molecule has 0 bridgehead atoms. The molecular weight excluding hydrogens is 280 g/mol. The second kappa shape index (κ2) is 6.33. The summed E-state index contributed by atoms with van der Waals surface area (Å²) in [5, 5.41) is 3.52. The molecule has 1 atom stereocenters. The molecule has 2 rings (SSSR count). The third-order valence-corrected chi connectivity index (χ3v) is 3.75. The average molecular weight is 296 g/mol. The molecule has 20 heavy (non-hydrogen) atoms. The van der Waals surface area contributed by atoms with E-state index in [2.05, 4.69) is 5.32 Å². The van der Waals surface area contributed by atoms with E-state index in [4.69, 9.17) is 11.6 Å². The minimum atomic E-state index is -0.365. The maximum Gasteiger partial charge on any atom is 0.124 e. The molecule has 4 heteroatoms. The van der Waals surface area contributed by atoms with Gasteiger partial charge in [0, 0.05) is 11.1 Å². The number of hydrogen-bond acceptors (Lipinski definition) is 1. The van der Waals surface area contributed by atoms with Crippen molar-refractivity contribution in [3.63, 3.8) is 0 Å². The summed E-state index contributed by atoms with van der Waals surface area (Å²) in [6.45, 7) is 1.94. The third kappa shape index (κ3) is 3.35. The van der Waals surface area contributed by atoms with Crippen LogP contribution in [-0.2, 0) is 6.42 Å². The lowest BCUT2D eigenvalue weighted by molar-refractivity contribution is 0.578. The van der Waals surface area contributed by atoms with Crippen LogP contribution < -0.4 is 5.32 Å². The van der Waals surface area contributed by atoms with Crippen molar-refractivity contribution < 1.29 is 8.78 Å². The standard InChI is InChI=1S/C16H16ClF2N/c1-10-3-4-12(18)7-11(10)8-16(20-2)14-6-5-13(19)9-15(14)17/h3-7,9,16,20H,8H2,1-2H3. The highest BCUT2D eigenvalue weighted by Gasteiger charge is 2.15. The highest BCUT2D eigenvalue weighted by Crippen LogP contribution is 2.27. The summed E-state index contributed by atoms with van der Waals surface area (Å²) in [5.74, 6) is -0.624. The van der Waals surface area contributed by atoms with Crippen LogP contribution >= 0.6 is 11.6 Å². The van der Waals surface area contributed by atoms with Crippen LogP contribution in [0.3, 0.4) is 0 Å². The van der Waals surface area contributed by atoms with Gasteiger partial charge in [0.05, 0.1) is 0 Å². The van der Waals surface area contributed by atoms with Gasteiger partial charge in [0.1, 0.15) is 11.6 Å². The van der Waals surface area contributed by atoms with Gasteiger partial charge in [0.15, 0.2) is 0 Å². The monoisotopic (exact) mass is 295 g/mol. The van der Waals surface area contributed by atoms with Crippen LogP contribution in [0.15, 0.2) is 36.4 Å². The molecule has 0 radical (unpaired) electrons. The Hall–Kier alpha value is -1.45. The second-order valence-corrected chi connectivity index (χ2v) is 5.19. The molecule has 0 aliphatic heterocycles. The Balaban J connectivity index is 2.31. The van der Waals surface area contributed by atoms with E-state index in [1.807, 2.05) is 6.92 Å². The number of likely N-dealkylation sites (N-methyl/N-ethyl adjacent to an activating group) is 1. The van der Waals surface area contributed by atoms with Crippen LogP contribution in [0.25, 0.3) is 0 Å². The molecule has 0 aliphatic carbocycles. The van der Waals surface area contributed by atoms with Crippen LogP contribution in [0, 0.1) is 18.6 Å². The summed E-state index contributed by atoms with van der Waals surface area (Å²) in [6.07, 6.45) is 0.589. The number of rotatable bonds is 4. The molecular formula is C16H16ClF2N. The lowest BCUT2D eigenvalue weighted by Crippen LogP contribution is -2.19. The van der Waals surface area contributed by atoms with E-state index in [0.29, 0.717) is 11.4 Å². The Labute approximate surface area is 122 Å². The van der Waals surface area contributed by atoms with Crippen molar-refractivity contribution in [1.82, 2.24) is 5.32 Å². The maximum atomic E-state index is 13.3. The van der Waals surface area contributed by atoms with Crippen molar-refractivity contribution in [2.24, 2.45) is 0 Å². The smallest absolute Gasteiger partial charge is 0.124 e.